The Morgan fingerprint density at radius 1 is 1.20 bits per heavy atom. The first-order valence-electron chi connectivity index (χ1n) is 6.13. The summed E-state index contributed by atoms with van der Waals surface area (Å²) >= 11 is 3.41. The van der Waals surface area contributed by atoms with E-state index in [4.69, 9.17) is 5.26 Å². The zero-order valence-electron chi connectivity index (χ0n) is 10.5. The number of hydrogen-bond donors (Lipinski definition) is 2. The van der Waals surface area contributed by atoms with Crippen molar-refractivity contribution in [2.45, 2.75) is 6.54 Å². The molecular formula is C15H11BrN4. The van der Waals surface area contributed by atoms with E-state index in [2.05, 4.69) is 37.3 Å². The Morgan fingerprint density at radius 2 is 2.00 bits per heavy atom. The van der Waals surface area contributed by atoms with Crippen LogP contribution in [0.5, 0.6) is 0 Å². The molecule has 0 radical (unpaired) electrons. The van der Waals surface area contributed by atoms with Crippen LogP contribution in [-0.2, 0) is 6.54 Å². The summed E-state index contributed by atoms with van der Waals surface area (Å²) in [4.78, 5) is 7.59. The summed E-state index contributed by atoms with van der Waals surface area (Å²) in [7, 11) is 0. The maximum absolute atomic E-state index is 9.05. The van der Waals surface area contributed by atoms with Crippen LogP contribution < -0.4 is 5.32 Å². The molecule has 0 saturated heterocycles. The van der Waals surface area contributed by atoms with Crippen LogP contribution in [-0.4, -0.2) is 9.97 Å². The first kappa shape index (κ1) is 12.7. The molecular weight excluding hydrogens is 316 g/mol. The minimum Gasteiger partial charge on any atom is -0.352 e. The normalized spacial score (nSPS) is 10.4. The first-order valence-corrected chi connectivity index (χ1v) is 6.93. The molecule has 1 heterocycles. The van der Waals surface area contributed by atoms with Crippen molar-refractivity contribution in [3.05, 3.63) is 58.1 Å². The highest BCUT2D eigenvalue weighted by atomic mass is 79.9. The van der Waals surface area contributed by atoms with Gasteiger partial charge in [0, 0.05) is 11.0 Å². The van der Waals surface area contributed by atoms with E-state index in [1.54, 1.807) is 6.07 Å². The van der Waals surface area contributed by atoms with E-state index in [9.17, 15) is 0 Å². The monoisotopic (exact) mass is 326 g/mol. The molecule has 98 valence electrons. The maximum Gasteiger partial charge on any atom is 0.201 e. The summed E-state index contributed by atoms with van der Waals surface area (Å²) in [5.41, 5.74) is 3.31. The number of H-pyrrole nitrogens is 1. The summed E-state index contributed by atoms with van der Waals surface area (Å²) in [6.45, 7) is 0.676. The van der Waals surface area contributed by atoms with Gasteiger partial charge in [0.2, 0.25) is 5.95 Å². The van der Waals surface area contributed by atoms with Crippen LogP contribution in [0.1, 0.15) is 11.1 Å². The average molecular weight is 327 g/mol. The molecule has 0 bridgehead atoms. The minimum absolute atomic E-state index is 0.579. The van der Waals surface area contributed by atoms with Gasteiger partial charge in [-0.05, 0) is 29.8 Å². The molecule has 3 rings (SSSR count). The summed E-state index contributed by atoms with van der Waals surface area (Å²) in [5.74, 6) is 0.672. The smallest absolute Gasteiger partial charge is 0.201 e. The summed E-state index contributed by atoms with van der Waals surface area (Å²) in [6, 6.07) is 15.8. The van der Waals surface area contributed by atoms with Gasteiger partial charge in [-0.3, -0.25) is 0 Å². The molecule has 0 spiro atoms. The van der Waals surface area contributed by atoms with Crippen LogP contribution in [0.15, 0.2) is 46.9 Å². The van der Waals surface area contributed by atoms with Crippen LogP contribution in [0.3, 0.4) is 0 Å². The van der Waals surface area contributed by atoms with Crippen LogP contribution in [0.2, 0.25) is 0 Å². The van der Waals surface area contributed by atoms with Crippen molar-refractivity contribution >= 4 is 32.9 Å². The first-order chi connectivity index (χ1) is 9.76. The molecule has 1 aromatic heterocycles. The Bertz CT molecular complexity index is 784. The van der Waals surface area contributed by atoms with Gasteiger partial charge in [0.25, 0.3) is 0 Å². The lowest BCUT2D eigenvalue weighted by molar-refractivity contribution is 1.10. The third-order valence-corrected chi connectivity index (χ3v) is 3.54. The van der Waals surface area contributed by atoms with Crippen molar-refractivity contribution in [1.29, 1.82) is 5.26 Å². The van der Waals surface area contributed by atoms with Gasteiger partial charge in [0.15, 0.2) is 0 Å². The van der Waals surface area contributed by atoms with E-state index in [0.29, 0.717) is 23.6 Å². The number of fused-ring (bicyclic) bond motifs is 1. The number of benzene rings is 2. The molecule has 2 aromatic carbocycles. The summed E-state index contributed by atoms with van der Waals surface area (Å²) in [5, 5.41) is 12.3. The van der Waals surface area contributed by atoms with Crippen molar-refractivity contribution in [2.75, 3.05) is 5.32 Å². The number of imidazole rings is 1. The lowest BCUT2D eigenvalue weighted by atomic mass is 10.2. The fourth-order valence-electron chi connectivity index (χ4n) is 1.99. The maximum atomic E-state index is 9.05. The van der Waals surface area contributed by atoms with E-state index in [1.165, 1.54) is 0 Å². The molecule has 0 aliphatic rings. The van der Waals surface area contributed by atoms with Crippen LogP contribution >= 0.6 is 15.9 Å². The molecule has 0 unspecified atom stereocenters. The van der Waals surface area contributed by atoms with Crippen LogP contribution in [0.25, 0.3) is 11.0 Å². The summed E-state index contributed by atoms with van der Waals surface area (Å²) in [6.07, 6.45) is 0. The molecule has 2 N–H and O–H groups in total. The van der Waals surface area contributed by atoms with Crippen molar-refractivity contribution in [3.63, 3.8) is 0 Å². The lowest BCUT2D eigenvalue weighted by Gasteiger charge is -2.02. The molecule has 0 atom stereocenters. The van der Waals surface area contributed by atoms with E-state index in [1.807, 2.05) is 36.4 Å². The van der Waals surface area contributed by atoms with Gasteiger partial charge >= 0.3 is 0 Å². The quantitative estimate of drug-likeness (QED) is 0.769. The molecule has 3 aromatic rings. The van der Waals surface area contributed by atoms with Crippen molar-refractivity contribution in [3.8, 4) is 6.07 Å². The summed E-state index contributed by atoms with van der Waals surface area (Å²) < 4.78 is 1.06. The van der Waals surface area contributed by atoms with Crippen LogP contribution in [0.4, 0.5) is 5.95 Å². The van der Waals surface area contributed by atoms with Gasteiger partial charge < -0.3 is 10.3 Å². The van der Waals surface area contributed by atoms with Gasteiger partial charge in [-0.1, -0.05) is 34.1 Å². The minimum atomic E-state index is 0.579. The zero-order chi connectivity index (χ0) is 13.9. The average Bonchev–Trinajstić information content (AvgIpc) is 2.89. The molecule has 0 fully saturated rings. The fourth-order valence-corrected chi connectivity index (χ4v) is 2.26. The van der Waals surface area contributed by atoms with E-state index >= 15 is 0 Å². The van der Waals surface area contributed by atoms with Gasteiger partial charge in [-0.25, -0.2) is 4.98 Å². The Hall–Kier alpha value is -2.32. The van der Waals surface area contributed by atoms with Gasteiger partial charge in [0.05, 0.1) is 11.1 Å². The van der Waals surface area contributed by atoms with E-state index in [-0.39, 0.29) is 0 Å². The highest BCUT2D eigenvalue weighted by molar-refractivity contribution is 9.10. The number of nitriles is 1. The number of rotatable bonds is 3. The van der Waals surface area contributed by atoms with E-state index < -0.39 is 0 Å². The van der Waals surface area contributed by atoms with E-state index in [0.717, 1.165) is 15.6 Å². The van der Waals surface area contributed by atoms with Gasteiger partial charge in [-0.15, -0.1) is 0 Å². The second-order valence-corrected chi connectivity index (χ2v) is 5.29. The largest absolute Gasteiger partial charge is 0.352 e. The predicted octanol–water partition coefficient (Wildman–Crippen LogP) is 3.81. The highest BCUT2D eigenvalue weighted by Gasteiger charge is 2.06. The Morgan fingerprint density at radius 3 is 2.75 bits per heavy atom. The van der Waals surface area contributed by atoms with Crippen molar-refractivity contribution < 1.29 is 0 Å². The molecule has 0 amide bonds. The Kier molecular flexibility index (Phi) is 3.40. The zero-order valence-corrected chi connectivity index (χ0v) is 12.1. The van der Waals surface area contributed by atoms with Crippen molar-refractivity contribution in [2.24, 2.45) is 0 Å². The predicted molar refractivity (Wildman–Crippen MR) is 82.3 cm³/mol. The number of hydrogen-bond acceptors (Lipinski definition) is 3. The number of aromatic nitrogens is 2. The second-order valence-electron chi connectivity index (χ2n) is 4.38. The van der Waals surface area contributed by atoms with Crippen molar-refractivity contribution in [1.82, 2.24) is 9.97 Å². The van der Waals surface area contributed by atoms with Gasteiger partial charge in [-0.2, -0.15) is 5.26 Å². The fraction of sp³-hybridized carbons (Fsp3) is 0.0667. The SMILES string of the molecule is N#Cc1cccc2[nH]c(NCc3ccc(Br)cc3)nc12. The highest BCUT2D eigenvalue weighted by Crippen LogP contribution is 2.18. The van der Waals surface area contributed by atoms with Gasteiger partial charge in [0.1, 0.15) is 11.6 Å². The topological polar surface area (TPSA) is 64.5 Å². The molecule has 0 aliphatic carbocycles. The molecule has 5 heteroatoms. The number of para-hydroxylation sites is 1. The number of aromatic amines is 1. The number of nitrogens with zero attached hydrogens (tertiary/aromatic N) is 2. The third kappa shape index (κ3) is 2.51. The molecule has 20 heavy (non-hydrogen) atoms. The lowest BCUT2D eigenvalue weighted by Crippen LogP contribution is -2.00. The number of anilines is 1. The second kappa shape index (κ2) is 5.35. The molecule has 0 saturated carbocycles. The Labute approximate surface area is 124 Å². The number of nitrogens with one attached hydrogen (secondary N) is 2. The molecule has 0 aliphatic heterocycles. The standard InChI is InChI=1S/C15H11BrN4/c16-12-6-4-10(5-7-12)9-18-15-19-13-3-1-2-11(8-17)14(13)20-15/h1-7H,9H2,(H2,18,19,20). The number of halogens is 1. The Balaban J connectivity index is 1.81. The third-order valence-electron chi connectivity index (χ3n) is 3.01. The molecule has 4 nitrogen and oxygen atoms in total. The van der Waals surface area contributed by atoms with Crippen LogP contribution in [0, 0.1) is 11.3 Å².